The maximum atomic E-state index is 12.8. The second-order valence-electron chi connectivity index (χ2n) is 7.80. The number of amides is 2. The molecule has 0 bridgehead atoms. The first-order chi connectivity index (χ1) is 11.0. The van der Waals surface area contributed by atoms with E-state index in [0.29, 0.717) is 5.92 Å². The van der Waals surface area contributed by atoms with E-state index in [0.717, 1.165) is 58.3 Å². The number of carbonyl (C=O) groups excluding carboxylic acids is 1. The number of carbonyl (C=O) groups is 1. The second-order valence-corrected chi connectivity index (χ2v) is 7.80. The van der Waals surface area contributed by atoms with Gasteiger partial charge in [0.2, 0.25) is 0 Å². The molecule has 1 atom stereocenters. The van der Waals surface area contributed by atoms with Crippen LogP contribution in [0, 0.1) is 5.92 Å². The number of rotatable bonds is 6. The maximum Gasteiger partial charge on any atom is 0.318 e. The van der Waals surface area contributed by atoms with Gasteiger partial charge >= 0.3 is 6.03 Å². The number of piperidine rings is 1. The number of hydrogen-bond donors (Lipinski definition) is 2. The van der Waals surface area contributed by atoms with Crippen molar-refractivity contribution < 1.29 is 9.90 Å². The number of aliphatic hydroxyl groups is 1. The molecule has 0 aromatic carbocycles. The van der Waals surface area contributed by atoms with Crippen LogP contribution in [0.5, 0.6) is 0 Å². The van der Waals surface area contributed by atoms with Gasteiger partial charge in [0.25, 0.3) is 0 Å². The Morgan fingerprint density at radius 3 is 2.57 bits per heavy atom. The highest BCUT2D eigenvalue weighted by Gasteiger charge is 2.43. The van der Waals surface area contributed by atoms with Gasteiger partial charge in [0.15, 0.2) is 0 Å². The third-order valence-electron chi connectivity index (χ3n) is 5.38. The molecule has 2 aliphatic heterocycles. The molecule has 0 aliphatic carbocycles. The van der Waals surface area contributed by atoms with Crippen LogP contribution in [0.3, 0.4) is 0 Å². The van der Waals surface area contributed by atoms with Crippen LogP contribution in [-0.4, -0.2) is 65.3 Å². The molecule has 2 amide bonds. The molecular formula is C18H35N3O2. The van der Waals surface area contributed by atoms with Crippen LogP contribution < -0.4 is 5.32 Å². The van der Waals surface area contributed by atoms with E-state index in [1.54, 1.807) is 0 Å². The molecule has 0 spiro atoms. The van der Waals surface area contributed by atoms with E-state index >= 15 is 0 Å². The minimum Gasteiger partial charge on any atom is -0.394 e. The molecule has 2 rings (SSSR count). The zero-order chi connectivity index (χ0) is 16.9. The Bertz CT molecular complexity index is 380. The van der Waals surface area contributed by atoms with Gasteiger partial charge < -0.3 is 20.2 Å². The van der Waals surface area contributed by atoms with E-state index in [-0.39, 0.29) is 24.2 Å². The Kier molecular flexibility index (Phi) is 6.72. The van der Waals surface area contributed by atoms with Crippen LogP contribution in [0.2, 0.25) is 0 Å². The number of nitrogens with one attached hydrogen (secondary N) is 1. The van der Waals surface area contributed by atoms with Gasteiger partial charge in [-0.25, -0.2) is 4.79 Å². The van der Waals surface area contributed by atoms with Crippen molar-refractivity contribution in [2.24, 2.45) is 5.92 Å². The topological polar surface area (TPSA) is 55.8 Å². The van der Waals surface area contributed by atoms with Crippen LogP contribution in [0.4, 0.5) is 4.79 Å². The average molecular weight is 325 g/mol. The molecule has 0 saturated carbocycles. The number of hydrogen-bond acceptors (Lipinski definition) is 3. The van der Waals surface area contributed by atoms with E-state index < -0.39 is 0 Å². The zero-order valence-corrected chi connectivity index (χ0v) is 15.2. The Balaban J connectivity index is 1.89. The lowest BCUT2D eigenvalue weighted by Gasteiger charge is -2.40. The van der Waals surface area contributed by atoms with Crippen molar-refractivity contribution in [3.05, 3.63) is 0 Å². The fraction of sp³-hybridized carbons (Fsp3) is 0.944. The van der Waals surface area contributed by atoms with Crippen molar-refractivity contribution >= 4 is 6.03 Å². The monoisotopic (exact) mass is 325 g/mol. The van der Waals surface area contributed by atoms with Crippen LogP contribution in [0.1, 0.15) is 59.3 Å². The van der Waals surface area contributed by atoms with E-state index in [1.165, 1.54) is 6.42 Å². The highest BCUT2D eigenvalue weighted by atomic mass is 16.3. The lowest BCUT2D eigenvalue weighted by molar-refractivity contribution is 0.0650. The summed E-state index contributed by atoms with van der Waals surface area (Å²) in [6, 6.07) is 0.317. The lowest BCUT2D eigenvalue weighted by Crippen LogP contribution is -2.56. The zero-order valence-electron chi connectivity index (χ0n) is 15.2. The Hall–Kier alpha value is -0.810. The molecule has 5 nitrogen and oxygen atoms in total. The Morgan fingerprint density at radius 1 is 1.30 bits per heavy atom. The summed E-state index contributed by atoms with van der Waals surface area (Å²) in [5.74, 6) is 0.479. The molecule has 2 fully saturated rings. The summed E-state index contributed by atoms with van der Waals surface area (Å²) in [4.78, 5) is 17.2. The molecule has 2 aliphatic rings. The molecular weight excluding hydrogens is 290 g/mol. The predicted molar refractivity (Wildman–Crippen MR) is 93.5 cm³/mol. The first-order valence-electron chi connectivity index (χ1n) is 9.42. The quantitative estimate of drug-likeness (QED) is 0.789. The second kappa shape index (κ2) is 8.34. The van der Waals surface area contributed by atoms with Crippen molar-refractivity contribution in [2.75, 3.05) is 32.8 Å². The van der Waals surface area contributed by atoms with Crippen molar-refractivity contribution in [3.63, 3.8) is 0 Å². The van der Waals surface area contributed by atoms with Crippen LogP contribution in [-0.2, 0) is 0 Å². The average Bonchev–Trinajstić information content (AvgIpc) is 2.93. The largest absolute Gasteiger partial charge is 0.394 e. The van der Waals surface area contributed by atoms with Crippen LogP contribution in [0.15, 0.2) is 0 Å². The van der Waals surface area contributed by atoms with Gasteiger partial charge in [-0.3, -0.25) is 0 Å². The first-order valence-corrected chi connectivity index (χ1v) is 9.42. The van der Waals surface area contributed by atoms with Crippen LogP contribution >= 0.6 is 0 Å². The molecule has 0 aromatic heterocycles. The molecule has 23 heavy (non-hydrogen) atoms. The minimum absolute atomic E-state index is 0.0335. The van der Waals surface area contributed by atoms with Crippen molar-refractivity contribution in [1.29, 1.82) is 0 Å². The summed E-state index contributed by atoms with van der Waals surface area (Å²) in [6.07, 6.45) is 6.07. The SMILES string of the molecule is CCCN1CCC(NC(=O)N2CCCC2(CO)CC(C)C)CC1. The smallest absolute Gasteiger partial charge is 0.318 e. The molecule has 1 unspecified atom stereocenters. The van der Waals surface area contributed by atoms with Crippen molar-refractivity contribution in [3.8, 4) is 0 Å². The minimum atomic E-state index is -0.346. The molecule has 0 radical (unpaired) electrons. The molecule has 2 heterocycles. The fourth-order valence-corrected chi connectivity index (χ4v) is 4.33. The number of aliphatic hydroxyl groups excluding tert-OH is 1. The highest BCUT2D eigenvalue weighted by molar-refractivity contribution is 5.76. The Morgan fingerprint density at radius 2 is 2.00 bits per heavy atom. The number of nitrogens with zero attached hydrogens (tertiary/aromatic N) is 2. The molecule has 0 aromatic rings. The van der Waals surface area contributed by atoms with E-state index in [2.05, 4.69) is 31.0 Å². The Labute approximate surface area is 141 Å². The van der Waals surface area contributed by atoms with Gasteiger partial charge in [-0.2, -0.15) is 0 Å². The fourth-order valence-electron chi connectivity index (χ4n) is 4.33. The van der Waals surface area contributed by atoms with Gasteiger partial charge in [-0.15, -0.1) is 0 Å². The third kappa shape index (κ3) is 4.60. The van der Waals surface area contributed by atoms with Crippen molar-refractivity contribution in [2.45, 2.75) is 70.9 Å². The van der Waals surface area contributed by atoms with E-state index in [1.807, 2.05) is 4.90 Å². The van der Waals surface area contributed by atoms with Gasteiger partial charge in [-0.1, -0.05) is 20.8 Å². The summed E-state index contributed by atoms with van der Waals surface area (Å²) in [7, 11) is 0. The standard InChI is InChI=1S/C18H35N3O2/c1-4-9-20-11-6-16(7-12-20)19-17(23)21-10-5-8-18(21,14-22)13-15(2)3/h15-16,22H,4-14H2,1-3H3,(H,19,23). The van der Waals surface area contributed by atoms with Gasteiger partial charge in [0, 0.05) is 25.7 Å². The summed E-state index contributed by atoms with van der Waals surface area (Å²) >= 11 is 0. The number of urea groups is 1. The van der Waals surface area contributed by atoms with Gasteiger partial charge in [-0.05, 0) is 51.0 Å². The van der Waals surface area contributed by atoms with Gasteiger partial charge in [0.05, 0.1) is 12.1 Å². The van der Waals surface area contributed by atoms with E-state index in [9.17, 15) is 9.90 Å². The molecule has 2 saturated heterocycles. The molecule has 134 valence electrons. The summed E-state index contributed by atoms with van der Waals surface area (Å²) in [5.41, 5.74) is -0.346. The predicted octanol–water partition coefficient (Wildman–Crippen LogP) is 2.44. The lowest BCUT2D eigenvalue weighted by atomic mass is 9.87. The first kappa shape index (κ1) is 18.5. The van der Waals surface area contributed by atoms with Crippen molar-refractivity contribution in [1.82, 2.24) is 15.1 Å². The molecule has 5 heteroatoms. The number of likely N-dealkylation sites (tertiary alicyclic amines) is 2. The summed E-state index contributed by atoms with van der Waals surface area (Å²) in [6.45, 7) is 10.7. The molecule has 2 N–H and O–H groups in total. The third-order valence-corrected chi connectivity index (χ3v) is 5.38. The van der Waals surface area contributed by atoms with E-state index in [4.69, 9.17) is 0 Å². The summed E-state index contributed by atoms with van der Waals surface area (Å²) in [5, 5.41) is 13.2. The normalized spacial score (nSPS) is 26.9. The summed E-state index contributed by atoms with van der Waals surface area (Å²) < 4.78 is 0. The van der Waals surface area contributed by atoms with Crippen LogP contribution in [0.25, 0.3) is 0 Å². The highest BCUT2D eigenvalue weighted by Crippen LogP contribution is 2.34. The maximum absolute atomic E-state index is 12.8. The van der Waals surface area contributed by atoms with Gasteiger partial charge in [0.1, 0.15) is 0 Å².